The molecule has 2 N–H and O–H groups in total. The van der Waals surface area contributed by atoms with E-state index in [9.17, 15) is 4.79 Å². The van der Waals surface area contributed by atoms with Crippen LogP contribution in [-0.2, 0) is 4.74 Å². The second-order valence-electron chi connectivity index (χ2n) is 3.60. The fourth-order valence-corrected chi connectivity index (χ4v) is 1.37. The molecule has 0 aromatic carbocycles. The Balaban J connectivity index is 2.51. The number of rotatable bonds is 2. The molecule has 84 valence electrons. The molecule has 2 rings (SSSR count). The first-order chi connectivity index (χ1) is 7.59. The predicted molar refractivity (Wildman–Crippen MR) is 58.0 cm³/mol. The zero-order valence-electron chi connectivity index (χ0n) is 9.04. The van der Waals surface area contributed by atoms with E-state index < -0.39 is 5.97 Å². The zero-order valence-corrected chi connectivity index (χ0v) is 9.04. The van der Waals surface area contributed by atoms with Crippen LogP contribution in [0.2, 0.25) is 0 Å². The lowest BCUT2D eigenvalue weighted by atomic mass is 10.3. The monoisotopic (exact) mass is 220 g/mol. The number of ether oxygens (including phenoxy) is 1. The summed E-state index contributed by atoms with van der Waals surface area (Å²) in [7, 11) is 0. The summed E-state index contributed by atoms with van der Waals surface area (Å²) in [4.78, 5) is 15.8. The third-order valence-electron chi connectivity index (χ3n) is 1.97. The van der Waals surface area contributed by atoms with Crippen LogP contribution in [0.15, 0.2) is 18.5 Å². The first-order valence-electron chi connectivity index (χ1n) is 4.89. The van der Waals surface area contributed by atoms with Gasteiger partial charge >= 0.3 is 5.97 Å². The summed E-state index contributed by atoms with van der Waals surface area (Å²) >= 11 is 0. The van der Waals surface area contributed by atoms with Gasteiger partial charge in [0.2, 0.25) is 0 Å². The van der Waals surface area contributed by atoms with E-state index in [1.807, 2.05) is 0 Å². The minimum atomic E-state index is -0.499. The zero-order chi connectivity index (χ0) is 11.7. The van der Waals surface area contributed by atoms with Gasteiger partial charge in [-0.1, -0.05) is 0 Å². The fourth-order valence-electron chi connectivity index (χ4n) is 1.37. The van der Waals surface area contributed by atoms with Gasteiger partial charge in [0.25, 0.3) is 0 Å². The van der Waals surface area contributed by atoms with Crippen LogP contribution in [0.25, 0.3) is 5.65 Å². The third-order valence-corrected chi connectivity index (χ3v) is 1.97. The highest BCUT2D eigenvalue weighted by Gasteiger charge is 2.20. The largest absolute Gasteiger partial charge is 0.459 e. The van der Waals surface area contributed by atoms with Crippen molar-refractivity contribution in [2.45, 2.75) is 20.0 Å². The van der Waals surface area contributed by atoms with E-state index in [1.165, 1.54) is 4.52 Å². The molecule has 0 aliphatic carbocycles. The predicted octanol–water partition coefficient (Wildman–Crippen LogP) is 0.877. The van der Waals surface area contributed by atoms with Gasteiger partial charge in [-0.3, -0.25) is 0 Å². The lowest BCUT2D eigenvalue weighted by molar-refractivity contribution is 0.0381. The molecule has 2 heterocycles. The summed E-state index contributed by atoms with van der Waals surface area (Å²) in [6.07, 6.45) is 3.04. The normalized spacial score (nSPS) is 10.9. The van der Waals surface area contributed by atoms with Gasteiger partial charge in [0.05, 0.1) is 6.10 Å². The molecule has 6 nitrogen and oxygen atoms in total. The van der Waals surface area contributed by atoms with E-state index >= 15 is 0 Å². The van der Waals surface area contributed by atoms with Gasteiger partial charge in [-0.15, -0.1) is 5.10 Å². The third kappa shape index (κ3) is 1.69. The Bertz CT molecular complexity index is 533. The van der Waals surface area contributed by atoms with Crippen molar-refractivity contribution in [3.05, 3.63) is 24.0 Å². The number of carbonyl (C=O) groups is 1. The van der Waals surface area contributed by atoms with E-state index in [1.54, 1.807) is 32.3 Å². The summed E-state index contributed by atoms with van der Waals surface area (Å²) in [5, 5.41) is 3.97. The van der Waals surface area contributed by atoms with Gasteiger partial charge in [-0.2, -0.15) is 0 Å². The Morgan fingerprint density at radius 3 is 3.00 bits per heavy atom. The molecule has 0 aliphatic heterocycles. The van der Waals surface area contributed by atoms with Crippen LogP contribution in [0.5, 0.6) is 0 Å². The maximum atomic E-state index is 11.8. The van der Waals surface area contributed by atoms with Gasteiger partial charge in [-0.05, 0) is 19.9 Å². The summed E-state index contributed by atoms with van der Waals surface area (Å²) < 4.78 is 6.52. The van der Waals surface area contributed by atoms with Gasteiger partial charge in [-0.25, -0.2) is 14.3 Å². The quantitative estimate of drug-likeness (QED) is 0.759. The number of anilines is 1. The fraction of sp³-hybridized carbons (Fsp3) is 0.300. The van der Waals surface area contributed by atoms with Crippen LogP contribution in [0, 0.1) is 0 Å². The SMILES string of the molecule is CC(C)OC(=O)c1c(N)nn2cccnc12. The van der Waals surface area contributed by atoms with Gasteiger partial charge in [0.1, 0.15) is 5.56 Å². The number of esters is 1. The molecule has 0 saturated heterocycles. The minimum Gasteiger partial charge on any atom is -0.459 e. The molecule has 0 spiro atoms. The van der Waals surface area contributed by atoms with Crippen molar-refractivity contribution in [1.29, 1.82) is 0 Å². The van der Waals surface area contributed by atoms with E-state index in [0.29, 0.717) is 5.65 Å². The Hall–Kier alpha value is -2.11. The number of aromatic nitrogens is 3. The molecule has 0 aliphatic rings. The van der Waals surface area contributed by atoms with Crippen molar-refractivity contribution >= 4 is 17.4 Å². The molecule has 16 heavy (non-hydrogen) atoms. The summed E-state index contributed by atoms with van der Waals surface area (Å²) in [5.41, 5.74) is 6.28. The van der Waals surface area contributed by atoms with E-state index in [2.05, 4.69) is 10.1 Å². The summed E-state index contributed by atoms with van der Waals surface area (Å²) in [6, 6.07) is 1.71. The van der Waals surface area contributed by atoms with Crippen molar-refractivity contribution in [2.75, 3.05) is 5.73 Å². The van der Waals surface area contributed by atoms with Gasteiger partial charge in [0, 0.05) is 12.4 Å². The molecule has 0 radical (unpaired) electrons. The van der Waals surface area contributed by atoms with Crippen molar-refractivity contribution < 1.29 is 9.53 Å². The molecule has 0 fully saturated rings. The lowest BCUT2D eigenvalue weighted by Crippen LogP contribution is -2.13. The van der Waals surface area contributed by atoms with Crippen molar-refractivity contribution in [1.82, 2.24) is 14.6 Å². The Kier molecular flexibility index (Phi) is 2.47. The highest BCUT2D eigenvalue weighted by atomic mass is 16.5. The van der Waals surface area contributed by atoms with Crippen molar-refractivity contribution in [3.8, 4) is 0 Å². The summed E-state index contributed by atoms with van der Waals surface area (Å²) in [5.74, 6) is -0.370. The van der Waals surface area contributed by atoms with Crippen molar-refractivity contribution in [2.24, 2.45) is 0 Å². The van der Waals surface area contributed by atoms with Gasteiger partial charge < -0.3 is 10.5 Å². The van der Waals surface area contributed by atoms with Crippen molar-refractivity contribution in [3.63, 3.8) is 0 Å². The average Bonchev–Trinajstić information content (AvgIpc) is 2.52. The molecule has 0 saturated carbocycles. The Morgan fingerprint density at radius 1 is 1.56 bits per heavy atom. The van der Waals surface area contributed by atoms with E-state index in [-0.39, 0.29) is 17.5 Å². The Labute approximate surface area is 92.0 Å². The molecule has 2 aromatic rings. The number of fused-ring (bicyclic) bond motifs is 1. The molecular formula is C10H12N4O2. The molecule has 0 unspecified atom stereocenters. The number of carbonyl (C=O) groups excluding carboxylic acids is 1. The average molecular weight is 220 g/mol. The van der Waals surface area contributed by atoms with Crippen LogP contribution in [0.4, 0.5) is 5.82 Å². The first-order valence-corrected chi connectivity index (χ1v) is 4.89. The molecular weight excluding hydrogens is 208 g/mol. The number of nitrogens with two attached hydrogens (primary N) is 1. The smallest absolute Gasteiger partial charge is 0.346 e. The van der Waals surface area contributed by atoms with Gasteiger partial charge in [0.15, 0.2) is 11.5 Å². The molecule has 0 atom stereocenters. The maximum Gasteiger partial charge on any atom is 0.346 e. The first kappa shape index (κ1) is 10.4. The second kappa shape index (κ2) is 3.80. The van der Waals surface area contributed by atoms with E-state index in [4.69, 9.17) is 10.5 Å². The number of nitrogen functional groups attached to an aromatic ring is 1. The standard InChI is InChI=1S/C10H12N4O2/c1-6(2)16-10(15)7-8(11)13-14-5-3-4-12-9(7)14/h3-6H,1-2H3,(H2,11,13). The molecule has 2 aromatic heterocycles. The second-order valence-corrected chi connectivity index (χ2v) is 3.60. The van der Waals surface area contributed by atoms with Crippen LogP contribution in [-0.4, -0.2) is 26.7 Å². The number of hydrogen-bond donors (Lipinski definition) is 1. The van der Waals surface area contributed by atoms with E-state index in [0.717, 1.165) is 0 Å². The minimum absolute atomic E-state index is 0.129. The molecule has 0 amide bonds. The van der Waals surface area contributed by atoms with Crippen LogP contribution in [0.3, 0.4) is 0 Å². The van der Waals surface area contributed by atoms with Crippen LogP contribution < -0.4 is 5.73 Å². The molecule has 0 bridgehead atoms. The van der Waals surface area contributed by atoms with Crippen LogP contribution in [0.1, 0.15) is 24.2 Å². The molecule has 6 heteroatoms. The highest BCUT2D eigenvalue weighted by Crippen LogP contribution is 2.17. The maximum absolute atomic E-state index is 11.8. The van der Waals surface area contributed by atoms with Crippen LogP contribution >= 0.6 is 0 Å². The summed E-state index contributed by atoms with van der Waals surface area (Å²) in [6.45, 7) is 3.54. The number of hydrogen-bond acceptors (Lipinski definition) is 5. The topological polar surface area (TPSA) is 82.5 Å². The highest BCUT2D eigenvalue weighted by molar-refractivity contribution is 6.00. The lowest BCUT2D eigenvalue weighted by Gasteiger charge is -2.06. The Morgan fingerprint density at radius 2 is 2.31 bits per heavy atom. The number of nitrogens with zero attached hydrogens (tertiary/aromatic N) is 3.